The minimum Gasteiger partial charge on any atom is -0.403 e. The van der Waals surface area contributed by atoms with Crippen LogP contribution in [0.15, 0.2) is 24.8 Å². The summed E-state index contributed by atoms with van der Waals surface area (Å²) in [4.78, 5) is 0. The number of nitrogens with two attached hydrogens (primary N) is 2. The van der Waals surface area contributed by atoms with Crippen LogP contribution in [0.5, 0.6) is 0 Å². The highest BCUT2D eigenvalue weighted by Crippen LogP contribution is 2.46. The first-order valence-electron chi connectivity index (χ1n) is 10.8. The zero-order chi connectivity index (χ0) is 23.3. The third-order valence-electron chi connectivity index (χ3n) is 4.70. The Balaban J connectivity index is 0. The lowest BCUT2D eigenvalue weighted by Crippen LogP contribution is -2.61. The van der Waals surface area contributed by atoms with Crippen LogP contribution < -0.4 is 11.6 Å². The topological polar surface area (TPSA) is 106 Å². The number of hydrogen-bond donors (Lipinski definition) is 3. The molecule has 5 N–H and O–H groups in total. The fraction of sp³-hybridized carbons (Fsp3) is 0.810. The van der Waals surface area contributed by atoms with Gasteiger partial charge in [0, 0.05) is 31.4 Å². The molecule has 0 radical (unpaired) electrons. The first-order valence-corrected chi connectivity index (χ1v) is 10.8. The lowest BCUT2D eigenvalue weighted by atomic mass is 9.68. The van der Waals surface area contributed by atoms with Crippen molar-refractivity contribution in [1.82, 2.24) is 20.0 Å². The quantitative estimate of drug-likeness (QED) is 0.506. The first kappa shape index (κ1) is 29.5. The van der Waals surface area contributed by atoms with E-state index in [9.17, 15) is 4.39 Å². The average Bonchev–Trinajstić information content (AvgIpc) is 3.20. The Kier molecular flexibility index (Phi) is 13.8. The van der Waals surface area contributed by atoms with E-state index in [1.54, 1.807) is 19.3 Å². The second kappa shape index (κ2) is 13.5. The summed E-state index contributed by atoms with van der Waals surface area (Å²) in [6.45, 7) is 17.6. The van der Waals surface area contributed by atoms with Gasteiger partial charge >= 0.3 is 0 Å². The lowest BCUT2D eigenvalue weighted by Gasteiger charge is -2.52. The van der Waals surface area contributed by atoms with Gasteiger partial charge in [0.1, 0.15) is 5.67 Å². The average molecular weight is 417 g/mol. The predicted molar refractivity (Wildman–Crippen MR) is 119 cm³/mol. The van der Waals surface area contributed by atoms with Crippen LogP contribution in [0, 0.1) is 0 Å². The fourth-order valence-corrected chi connectivity index (χ4v) is 3.63. The van der Waals surface area contributed by atoms with Gasteiger partial charge in [0.25, 0.3) is 0 Å². The Morgan fingerprint density at radius 2 is 1.59 bits per heavy atom. The van der Waals surface area contributed by atoms with Gasteiger partial charge < -0.3 is 15.8 Å². The van der Waals surface area contributed by atoms with E-state index in [1.165, 1.54) is 11.2 Å². The summed E-state index contributed by atoms with van der Waals surface area (Å²) in [5.41, 5.74) is 3.86. The third-order valence-corrected chi connectivity index (χ3v) is 4.70. The molecule has 0 unspecified atom stereocenters. The molecule has 0 spiro atoms. The molecule has 1 aromatic heterocycles. The van der Waals surface area contributed by atoms with E-state index in [4.69, 9.17) is 16.7 Å². The number of halogens is 1. The van der Waals surface area contributed by atoms with Crippen molar-refractivity contribution in [2.75, 3.05) is 0 Å². The van der Waals surface area contributed by atoms with Crippen molar-refractivity contribution in [1.29, 1.82) is 0 Å². The summed E-state index contributed by atoms with van der Waals surface area (Å²) in [5.74, 6) is 5.64. The maximum atomic E-state index is 13.2. The highest BCUT2D eigenvalue weighted by molar-refractivity contribution is 5.07. The first-order chi connectivity index (χ1) is 13.6. The molecule has 0 saturated heterocycles. The predicted octanol–water partition coefficient (Wildman–Crippen LogP) is 4.10. The zero-order valence-corrected chi connectivity index (χ0v) is 20.0. The summed E-state index contributed by atoms with van der Waals surface area (Å²) < 4.78 is 15.0. The number of hydrazine groups is 1. The molecule has 7 nitrogen and oxygen atoms in total. The Hall–Kier alpha value is -1.67. The number of aliphatic hydroxyl groups is 1. The van der Waals surface area contributed by atoms with Gasteiger partial charge in [-0.25, -0.2) is 14.9 Å². The molecular weight excluding hydrogens is 371 g/mol. The van der Waals surface area contributed by atoms with E-state index < -0.39 is 5.67 Å². The molecule has 2 saturated carbocycles. The molecule has 0 aliphatic heterocycles. The van der Waals surface area contributed by atoms with Crippen molar-refractivity contribution in [3.05, 3.63) is 24.8 Å². The van der Waals surface area contributed by atoms with Gasteiger partial charge in [-0.05, 0) is 33.6 Å². The van der Waals surface area contributed by atoms with Crippen molar-refractivity contribution >= 4 is 0 Å². The largest absolute Gasteiger partial charge is 0.403 e. The summed E-state index contributed by atoms with van der Waals surface area (Å²) in [5, 5.41) is 18.2. The fourth-order valence-electron chi connectivity index (χ4n) is 3.63. The molecule has 29 heavy (non-hydrogen) atoms. The Morgan fingerprint density at radius 3 is 1.90 bits per heavy atom. The molecule has 8 heteroatoms. The van der Waals surface area contributed by atoms with Crippen LogP contribution in [0.25, 0.3) is 0 Å². The van der Waals surface area contributed by atoms with Crippen LogP contribution in [0.3, 0.4) is 0 Å². The van der Waals surface area contributed by atoms with E-state index in [-0.39, 0.29) is 17.2 Å². The van der Waals surface area contributed by atoms with Crippen molar-refractivity contribution in [3.8, 4) is 0 Å². The number of aromatic nitrogens is 3. The lowest BCUT2D eigenvalue weighted by molar-refractivity contribution is -0.0634. The molecular formula is C21H45FN6O. The van der Waals surface area contributed by atoms with Crippen LogP contribution in [0.4, 0.5) is 4.39 Å². The molecule has 1 aromatic rings. The minimum atomic E-state index is -1.06. The molecule has 0 amide bonds. The van der Waals surface area contributed by atoms with Crippen LogP contribution >= 0.6 is 0 Å². The molecule has 3 rings (SSSR count). The molecule has 0 bridgehead atoms. The normalized spacial score (nSPS) is 31.7. The van der Waals surface area contributed by atoms with Gasteiger partial charge in [0.15, 0.2) is 0 Å². The van der Waals surface area contributed by atoms with Gasteiger partial charge in [-0.1, -0.05) is 46.8 Å². The van der Waals surface area contributed by atoms with Crippen LogP contribution in [0.2, 0.25) is 0 Å². The highest BCUT2D eigenvalue weighted by atomic mass is 19.1. The maximum absolute atomic E-state index is 13.2. The molecule has 2 fully saturated rings. The summed E-state index contributed by atoms with van der Waals surface area (Å²) in [6, 6.07) is 0. The standard InChI is InChI=1S/C8H16FN3.C7H11N3O.3C2H6/c1-7(9)5-8(2,6-7)12(11)4-3-10;1-7(4-6(11)5-7)10-3-2-8-9-10;3*1-2/h3-4H,5-6,10-11H2,1-2H3;2-3,6,11H,4-5H2,1H3;3*1-2H3/b4-3-;;;;. The number of rotatable bonds is 3. The molecule has 0 atom stereocenters. The van der Waals surface area contributed by atoms with Crippen LogP contribution in [-0.2, 0) is 5.54 Å². The van der Waals surface area contributed by atoms with Crippen molar-refractivity contribution < 1.29 is 9.50 Å². The molecule has 1 heterocycles. The summed E-state index contributed by atoms with van der Waals surface area (Å²) in [6.07, 6.45) is 8.77. The number of alkyl halides is 1. The second-order valence-corrected chi connectivity index (χ2v) is 7.42. The smallest absolute Gasteiger partial charge is 0.112 e. The zero-order valence-electron chi connectivity index (χ0n) is 20.0. The Labute approximate surface area is 177 Å². The van der Waals surface area contributed by atoms with E-state index in [1.807, 2.05) is 59.3 Å². The summed E-state index contributed by atoms with van der Waals surface area (Å²) in [7, 11) is 0. The third kappa shape index (κ3) is 8.70. The highest BCUT2D eigenvalue weighted by Gasteiger charge is 2.51. The van der Waals surface area contributed by atoms with Gasteiger partial charge in [-0.15, -0.1) is 5.10 Å². The molecule has 0 aromatic carbocycles. The number of nitrogens with zero attached hydrogens (tertiary/aromatic N) is 4. The van der Waals surface area contributed by atoms with Crippen LogP contribution in [0.1, 0.15) is 88.0 Å². The monoisotopic (exact) mass is 416 g/mol. The van der Waals surface area contributed by atoms with Crippen molar-refractivity contribution in [3.63, 3.8) is 0 Å². The number of hydrogen-bond acceptors (Lipinski definition) is 6. The van der Waals surface area contributed by atoms with E-state index in [2.05, 4.69) is 17.2 Å². The molecule has 172 valence electrons. The van der Waals surface area contributed by atoms with Crippen molar-refractivity contribution in [2.24, 2.45) is 11.6 Å². The van der Waals surface area contributed by atoms with Gasteiger partial charge in [0.05, 0.1) is 23.4 Å². The second-order valence-electron chi connectivity index (χ2n) is 7.42. The van der Waals surface area contributed by atoms with Crippen LogP contribution in [-0.4, -0.2) is 42.4 Å². The minimum absolute atomic E-state index is 0.00984. The number of aliphatic hydroxyl groups excluding tert-OH is 1. The van der Waals surface area contributed by atoms with Gasteiger partial charge in [0.2, 0.25) is 0 Å². The van der Waals surface area contributed by atoms with E-state index in [0.29, 0.717) is 12.8 Å². The molecule has 2 aliphatic rings. The maximum Gasteiger partial charge on any atom is 0.112 e. The Morgan fingerprint density at radius 1 is 1.10 bits per heavy atom. The van der Waals surface area contributed by atoms with Gasteiger partial charge in [-0.3, -0.25) is 0 Å². The molecule has 2 aliphatic carbocycles. The summed E-state index contributed by atoms with van der Waals surface area (Å²) >= 11 is 0. The Bertz CT molecular complexity index is 533. The van der Waals surface area contributed by atoms with Crippen molar-refractivity contribution in [2.45, 2.75) is 111 Å². The van der Waals surface area contributed by atoms with E-state index in [0.717, 1.165) is 12.8 Å². The van der Waals surface area contributed by atoms with E-state index >= 15 is 0 Å². The SMILES string of the molecule is CC.CC.CC.CC1(F)CC(C)(N(N)/C=C\N)C1.CC1(n2ccnn2)CC(O)C1. The van der Waals surface area contributed by atoms with Gasteiger partial charge in [-0.2, -0.15) is 0 Å².